The van der Waals surface area contributed by atoms with Gasteiger partial charge in [0.2, 0.25) is 0 Å². The van der Waals surface area contributed by atoms with E-state index < -0.39 is 0 Å². The van der Waals surface area contributed by atoms with E-state index in [-0.39, 0.29) is 0 Å². The molecule has 3 heteroatoms. The molecule has 0 amide bonds. The van der Waals surface area contributed by atoms with Gasteiger partial charge in [0.25, 0.3) is 0 Å². The summed E-state index contributed by atoms with van der Waals surface area (Å²) in [4.78, 5) is 11.7. The van der Waals surface area contributed by atoms with Gasteiger partial charge >= 0.3 is 0 Å². The molecule has 0 saturated carbocycles. The Bertz CT molecular complexity index is 417. The number of aliphatic imine (C=N–C) groups is 1. The molecular weight excluding hydrogens is 198 g/mol. The molecule has 4 rings (SSSR count). The molecule has 84 valence electrons. The molecule has 0 spiro atoms. The third-order valence-electron chi connectivity index (χ3n) is 3.58. The van der Waals surface area contributed by atoms with E-state index in [1.54, 1.807) is 0 Å². The lowest BCUT2D eigenvalue weighted by Crippen LogP contribution is -2.47. The normalized spacial score (nSPS) is 30.9. The maximum absolute atomic E-state index is 4.73. The number of aryl methyl sites for hydroxylation is 1. The molecule has 0 radical (unpaired) electrons. The molecule has 0 atom stereocenters. The fraction of sp³-hybridized carbons (Fsp3) is 0.538. The Hall–Kier alpha value is -1.22. The Balaban J connectivity index is 1.87. The molecule has 3 fully saturated rings. The van der Waals surface area contributed by atoms with Crippen molar-refractivity contribution in [3.05, 3.63) is 23.9 Å². The van der Waals surface area contributed by atoms with Crippen LogP contribution in [-0.2, 0) is 0 Å². The summed E-state index contributed by atoms with van der Waals surface area (Å²) in [5.74, 6) is 1.59. The van der Waals surface area contributed by atoms with Crippen molar-refractivity contribution in [3.8, 4) is 0 Å². The second-order valence-corrected chi connectivity index (χ2v) is 4.79. The number of aromatic nitrogens is 1. The van der Waals surface area contributed by atoms with Crippen LogP contribution in [0.3, 0.4) is 0 Å². The minimum absolute atomic E-state index is 0.715. The van der Waals surface area contributed by atoms with Crippen molar-refractivity contribution in [2.75, 3.05) is 19.6 Å². The van der Waals surface area contributed by atoms with Crippen molar-refractivity contribution in [3.63, 3.8) is 0 Å². The van der Waals surface area contributed by atoms with E-state index >= 15 is 0 Å². The Labute approximate surface area is 96.2 Å². The second-order valence-electron chi connectivity index (χ2n) is 4.79. The number of fused-ring (bicyclic) bond motifs is 3. The van der Waals surface area contributed by atoms with Crippen LogP contribution in [0, 0.1) is 12.8 Å². The fourth-order valence-corrected chi connectivity index (χ4v) is 2.65. The largest absolute Gasteiger partial charge is 0.298 e. The van der Waals surface area contributed by atoms with E-state index in [0.717, 1.165) is 18.1 Å². The SMILES string of the molecule is Cc1cccc(/N=C2/CN3CCC2CC3)n1. The summed E-state index contributed by atoms with van der Waals surface area (Å²) < 4.78 is 0. The highest BCUT2D eigenvalue weighted by Crippen LogP contribution is 2.26. The average Bonchev–Trinajstić information content (AvgIpc) is 2.30. The molecular formula is C13H17N3. The number of hydrogen-bond acceptors (Lipinski definition) is 3. The van der Waals surface area contributed by atoms with E-state index in [0.29, 0.717) is 5.92 Å². The molecule has 3 aliphatic rings. The Morgan fingerprint density at radius 2 is 2.12 bits per heavy atom. The van der Waals surface area contributed by atoms with Gasteiger partial charge in [0.1, 0.15) is 0 Å². The van der Waals surface area contributed by atoms with Gasteiger partial charge in [-0.2, -0.15) is 0 Å². The van der Waals surface area contributed by atoms with Crippen molar-refractivity contribution in [2.24, 2.45) is 10.9 Å². The van der Waals surface area contributed by atoms with Crippen molar-refractivity contribution in [1.29, 1.82) is 0 Å². The molecule has 3 saturated heterocycles. The summed E-state index contributed by atoms with van der Waals surface area (Å²) in [6.45, 7) is 5.58. The van der Waals surface area contributed by atoms with Gasteiger partial charge < -0.3 is 0 Å². The summed E-state index contributed by atoms with van der Waals surface area (Å²) in [7, 11) is 0. The fourth-order valence-electron chi connectivity index (χ4n) is 2.65. The summed E-state index contributed by atoms with van der Waals surface area (Å²) in [6, 6.07) is 6.04. The highest BCUT2D eigenvalue weighted by molar-refractivity contribution is 5.91. The molecule has 0 aromatic carbocycles. The van der Waals surface area contributed by atoms with Crippen LogP contribution >= 0.6 is 0 Å². The number of nitrogens with zero attached hydrogens (tertiary/aromatic N) is 3. The molecule has 2 bridgehead atoms. The highest BCUT2D eigenvalue weighted by Gasteiger charge is 2.30. The first-order chi connectivity index (χ1) is 7.81. The molecule has 4 heterocycles. The highest BCUT2D eigenvalue weighted by atomic mass is 15.2. The zero-order valence-electron chi connectivity index (χ0n) is 9.69. The van der Waals surface area contributed by atoms with E-state index in [2.05, 4.69) is 9.88 Å². The van der Waals surface area contributed by atoms with Crippen LogP contribution in [-0.4, -0.2) is 35.2 Å². The zero-order chi connectivity index (χ0) is 11.0. The smallest absolute Gasteiger partial charge is 0.152 e. The van der Waals surface area contributed by atoms with Crippen molar-refractivity contribution >= 4 is 11.5 Å². The predicted octanol–water partition coefficient (Wildman–Crippen LogP) is 2.19. The Morgan fingerprint density at radius 3 is 2.75 bits per heavy atom. The van der Waals surface area contributed by atoms with Crippen LogP contribution < -0.4 is 0 Å². The van der Waals surface area contributed by atoms with E-state index in [4.69, 9.17) is 4.99 Å². The Kier molecular flexibility index (Phi) is 2.48. The van der Waals surface area contributed by atoms with Gasteiger partial charge in [-0.15, -0.1) is 0 Å². The van der Waals surface area contributed by atoms with Crippen LogP contribution in [0.15, 0.2) is 23.2 Å². The first-order valence-corrected chi connectivity index (χ1v) is 6.05. The lowest BCUT2D eigenvalue weighted by Gasteiger charge is -2.39. The Morgan fingerprint density at radius 1 is 1.31 bits per heavy atom. The van der Waals surface area contributed by atoms with Gasteiger partial charge in [-0.1, -0.05) is 6.07 Å². The van der Waals surface area contributed by atoms with Crippen LogP contribution in [0.2, 0.25) is 0 Å². The minimum atomic E-state index is 0.715. The summed E-state index contributed by atoms with van der Waals surface area (Å²) >= 11 is 0. The van der Waals surface area contributed by atoms with Gasteiger partial charge in [0, 0.05) is 23.9 Å². The van der Waals surface area contributed by atoms with Gasteiger partial charge in [0.15, 0.2) is 5.82 Å². The van der Waals surface area contributed by atoms with Crippen LogP contribution in [0.1, 0.15) is 18.5 Å². The van der Waals surface area contributed by atoms with E-state index in [9.17, 15) is 0 Å². The minimum Gasteiger partial charge on any atom is -0.298 e. The van der Waals surface area contributed by atoms with Crippen molar-refractivity contribution in [2.45, 2.75) is 19.8 Å². The maximum Gasteiger partial charge on any atom is 0.152 e. The average molecular weight is 215 g/mol. The van der Waals surface area contributed by atoms with E-state index in [1.807, 2.05) is 25.1 Å². The quantitative estimate of drug-likeness (QED) is 0.718. The van der Waals surface area contributed by atoms with Crippen LogP contribution in [0.4, 0.5) is 5.82 Å². The molecule has 3 aliphatic heterocycles. The van der Waals surface area contributed by atoms with Gasteiger partial charge in [-0.05, 0) is 45.0 Å². The van der Waals surface area contributed by atoms with Crippen molar-refractivity contribution < 1.29 is 0 Å². The maximum atomic E-state index is 4.73. The molecule has 16 heavy (non-hydrogen) atoms. The van der Waals surface area contributed by atoms with Crippen molar-refractivity contribution in [1.82, 2.24) is 9.88 Å². The topological polar surface area (TPSA) is 28.5 Å². The zero-order valence-corrected chi connectivity index (χ0v) is 9.69. The van der Waals surface area contributed by atoms with Crippen LogP contribution in [0.25, 0.3) is 0 Å². The first-order valence-electron chi connectivity index (χ1n) is 6.05. The standard InChI is InChI=1S/C13H17N3/c1-10-3-2-4-13(14-10)15-12-9-16-7-5-11(12)6-8-16/h2-4,11H,5-9H2,1H3/b15-12-. The lowest BCUT2D eigenvalue weighted by atomic mass is 9.86. The summed E-state index contributed by atoms with van der Waals surface area (Å²) in [6.07, 6.45) is 2.56. The number of piperidine rings is 3. The summed E-state index contributed by atoms with van der Waals surface area (Å²) in [5, 5.41) is 0. The third-order valence-corrected chi connectivity index (χ3v) is 3.58. The molecule has 0 unspecified atom stereocenters. The second kappa shape index (κ2) is 3.98. The molecule has 3 nitrogen and oxygen atoms in total. The first kappa shape index (κ1) is 9.97. The molecule has 0 aliphatic carbocycles. The molecule has 0 N–H and O–H groups in total. The van der Waals surface area contributed by atoms with Gasteiger partial charge in [0.05, 0.1) is 0 Å². The monoisotopic (exact) mass is 215 g/mol. The number of rotatable bonds is 1. The predicted molar refractivity (Wildman–Crippen MR) is 65.2 cm³/mol. The van der Waals surface area contributed by atoms with Gasteiger partial charge in [-0.3, -0.25) is 4.90 Å². The molecule has 1 aromatic rings. The van der Waals surface area contributed by atoms with Crippen LogP contribution in [0.5, 0.6) is 0 Å². The number of hydrogen-bond donors (Lipinski definition) is 0. The summed E-state index contributed by atoms with van der Waals surface area (Å²) in [5.41, 5.74) is 2.39. The molecule has 1 aromatic heterocycles. The number of pyridine rings is 1. The van der Waals surface area contributed by atoms with Gasteiger partial charge in [-0.25, -0.2) is 9.98 Å². The van der Waals surface area contributed by atoms with E-state index in [1.165, 1.54) is 31.6 Å². The third kappa shape index (κ3) is 1.87. The lowest BCUT2D eigenvalue weighted by molar-refractivity contribution is 0.200.